The highest BCUT2D eigenvalue weighted by Crippen LogP contribution is 2.63. The van der Waals surface area contributed by atoms with Crippen molar-refractivity contribution in [1.82, 2.24) is 15.8 Å². The number of carbonyl (C=O) groups is 3. The number of allylic oxidation sites excluding steroid dienone is 1. The summed E-state index contributed by atoms with van der Waals surface area (Å²) in [7, 11) is 3.10. The molecule has 4 aromatic carbocycles. The van der Waals surface area contributed by atoms with Crippen molar-refractivity contribution in [1.29, 1.82) is 0 Å². The third kappa shape index (κ3) is 5.12. The van der Waals surface area contributed by atoms with Crippen LogP contribution < -0.4 is 20.1 Å². The number of ether oxygens (including phenoxy) is 2. The van der Waals surface area contributed by atoms with Crippen molar-refractivity contribution in [2.75, 3.05) is 14.2 Å². The van der Waals surface area contributed by atoms with Gasteiger partial charge in [0.05, 0.1) is 14.2 Å². The van der Waals surface area contributed by atoms with Gasteiger partial charge in [-0.25, -0.2) is 4.79 Å². The maximum absolute atomic E-state index is 14.7. The average molecular weight is 681 g/mol. The summed E-state index contributed by atoms with van der Waals surface area (Å²) in [4.78, 5) is 42.2. The van der Waals surface area contributed by atoms with Crippen LogP contribution in [0.5, 0.6) is 11.5 Å². The summed E-state index contributed by atoms with van der Waals surface area (Å²) in [5.41, 5.74) is 2.06. The number of nitrogens with zero attached hydrogens (tertiary/aromatic N) is 1. The minimum atomic E-state index is -1.96. The van der Waals surface area contributed by atoms with E-state index in [4.69, 9.17) is 37.2 Å². The Morgan fingerprint density at radius 2 is 1.21 bits per heavy atom. The zero-order valence-corrected chi connectivity index (χ0v) is 27.1. The third-order valence-electron chi connectivity index (χ3n) is 8.91. The number of methoxy groups -OCH3 is 2. The van der Waals surface area contributed by atoms with E-state index >= 15 is 0 Å². The summed E-state index contributed by atoms with van der Waals surface area (Å²) in [6.07, 6.45) is 1.86. The molecule has 1 saturated heterocycles. The zero-order valence-electron chi connectivity index (χ0n) is 25.6. The molecule has 0 radical (unpaired) electrons. The van der Waals surface area contributed by atoms with Crippen LogP contribution in [0.3, 0.4) is 0 Å². The molecule has 7 rings (SSSR count). The van der Waals surface area contributed by atoms with E-state index < -0.39 is 35.1 Å². The number of carbonyl (C=O) groups excluding carboxylic acids is 3. The summed E-state index contributed by atoms with van der Waals surface area (Å²) >= 11 is 12.5. The SMILES string of the molecule is COc1ccc(C2/C(=C/c3ccc(Cl)cc3)c3noc(-c4ccc(Cl)cc4)c3C(c3ccc(OC)cc3)C23C(=O)NC(=O)NC3=O)cc1. The quantitative estimate of drug-likeness (QED) is 0.179. The van der Waals surface area contributed by atoms with Crippen molar-refractivity contribution < 1.29 is 28.4 Å². The first-order valence-electron chi connectivity index (χ1n) is 14.9. The van der Waals surface area contributed by atoms with Crippen molar-refractivity contribution in [3.05, 3.63) is 135 Å². The van der Waals surface area contributed by atoms with Gasteiger partial charge in [0.15, 0.2) is 11.2 Å². The van der Waals surface area contributed by atoms with Gasteiger partial charge < -0.3 is 14.0 Å². The van der Waals surface area contributed by atoms with Gasteiger partial charge in [-0.3, -0.25) is 20.2 Å². The second-order valence-electron chi connectivity index (χ2n) is 11.5. The minimum Gasteiger partial charge on any atom is -0.497 e. The zero-order chi connectivity index (χ0) is 33.6. The molecule has 9 nitrogen and oxygen atoms in total. The van der Waals surface area contributed by atoms with E-state index in [1.165, 1.54) is 0 Å². The number of amides is 4. The molecule has 2 heterocycles. The Morgan fingerprint density at radius 3 is 1.73 bits per heavy atom. The smallest absolute Gasteiger partial charge is 0.328 e. The first kappa shape index (κ1) is 31.2. The molecular weight excluding hydrogens is 653 g/mol. The van der Waals surface area contributed by atoms with Gasteiger partial charge in [-0.2, -0.15) is 0 Å². The van der Waals surface area contributed by atoms with Gasteiger partial charge in [0.1, 0.15) is 17.2 Å². The maximum atomic E-state index is 14.7. The van der Waals surface area contributed by atoms with E-state index in [1.54, 1.807) is 99.1 Å². The molecule has 1 spiro atoms. The molecule has 0 bridgehead atoms. The van der Waals surface area contributed by atoms with Gasteiger partial charge in [0.2, 0.25) is 11.8 Å². The number of halogens is 2. The Bertz CT molecular complexity index is 2050. The topological polar surface area (TPSA) is 120 Å². The molecule has 2 aliphatic rings. The highest BCUT2D eigenvalue weighted by atomic mass is 35.5. The third-order valence-corrected chi connectivity index (χ3v) is 9.42. The maximum Gasteiger partial charge on any atom is 0.328 e. The normalized spacial score (nSPS) is 19.1. The van der Waals surface area contributed by atoms with Crippen LogP contribution in [0.2, 0.25) is 10.0 Å². The summed E-state index contributed by atoms with van der Waals surface area (Å²) in [5.74, 6) is -2.02. The van der Waals surface area contributed by atoms with E-state index in [1.807, 2.05) is 18.2 Å². The van der Waals surface area contributed by atoms with Gasteiger partial charge in [-0.1, -0.05) is 64.8 Å². The van der Waals surface area contributed by atoms with Crippen molar-refractivity contribution in [3.63, 3.8) is 0 Å². The molecule has 5 aromatic rings. The van der Waals surface area contributed by atoms with Crippen LogP contribution in [0.1, 0.15) is 39.8 Å². The number of fused-ring (bicyclic) bond motifs is 1. The van der Waals surface area contributed by atoms with E-state index in [9.17, 15) is 14.4 Å². The molecule has 1 aliphatic heterocycles. The predicted octanol–water partition coefficient (Wildman–Crippen LogP) is 7.49. The Morgan fingerprint density at radius 1 is 0.708 bits per heavy atom. The van der Waals surface area contributed by atoms with Crippen LogP contribution >= 0.6 is 23.2 Å². The molecule has 1 aliphatic carbocycles. The van der Waals surface area contributed by atoms with Crippen LogP contribution in [0.15, 0.2) is 102 Å². The van der Waals surface area contributed by atoms with Crippen LogP contribution in [-0.2, 0) is 9.59 Å². The number of aromatic nitrogens is 1. The highest BCUT2D eigenvalue weighted by molar-refractivity contribution is 6.31. The Hall–Kier alpha value is -5.38. The standard InChI is InChI=1S/C37H27Cl2N3O6/c1-46-26-15-7-21(8-16-26)30-28(19-20-3-11-24(38)12-4-20)32-29(33(48-42-32)23-5-13-25(39)14-6-23)31(22-9-17-27(47-2)18-10-22)37(30)34(43)40-36(45)41-35(37)44/h3-19,30-31H,1-2H3,(H2,40,41,43,44,45)/b28-19-. The van der Waals surface area contributed by atoms with Crippen molar-refractivity contribution in [2.24, 2.45) is 5.41 Å². The second kappa shape index (κ2) is 12.3. The number of urea groups is 1. The van der Waals surface area contributed by atoms with Gasteiger partial charge >= 0.3 is 6.03 Å². The largest absolute Gasteiger partial charge is 0.497 e. The fourth-order valence-corrected chi connectivity index (χ4v) is 7.04. The molecule has 1 aromatic heterocycles. The summed E-state index contributed by atoms with van der Waals surface area (Å²) in [6, 6.07) is 27.4. The molecule has 48 heavy (non-hydrogen) atoms. The monoisotopic (exact) mass is 679 g/mol. The highest BCUT2D eigenvalue weighted by Gasteiger charge is 2.66. The number of nitrogens with one attached hydrogen (secondary N) is 2. The lowest BCUT2D eigenvalue weighted by Crippen LogP contribution is -2.67. The lowest BCUT2D eigenvalue weighted by atomic mass is 9.52. The van der Waals surface area contributed by atoms with Crippen LogP contribution in [0.4, 0.5) is 4.79 Å². The lowest BCUT2D eigenvalue weighted by Gasteiger charge is -2.49. The summed E-state index contributed by atoms with van der Waals surface area (Å²) < 4.78 is 17.0. The Labute approximate surface area is 285 Å². The molecule has 1 fully saturated rings. The molecule has 2 N–H and O–H groups in total. The van der Waals surface area contributed by atoms with Gasteiger partial charge in [-0.15, -0.1) is 0 Å². The number of imide groups is 2. The van der Waals surface area contributed by atoms with E-state index in [2.05, 4.69) is 15.8 Å². The van der Waals surface area contributed by atoms with Crippen molar-refractivity contribution in [2.45, 2.75) is 11.8 Å². The molecule has 4 amide bonds. The molecule has 2 atom stereocenters. The van der Waals surface area contributed by atoms with Crippen molar-refractivity contribution in [3.8, 4) is 22.8 Å². The number of hydrogen-bond acceptors (Lipinski definition) is 7. The Balaban J connectivity index is 1.63. The van der Waals surface area contributed by atoms with E-state index in [0.29, 0.717) is 60.8 Å². The van der Waals surface area contributed by atoms with Crippen LogP contribution in [-0.4, -0.2) is 37.2 Å². The molecule has 11 heteroatoms. The number of barbiturate groups is 1. The summed E-state index contributed by atoms with van der Waals surface area (Å²) in [5, 5.41) is 10.5. The second-order valence-corrected chi connectivity index (χ2v) is 12.3. The molecular formula is C37H27Cl2N3O6. The Kier molecular flexibility index (Phi) is 8.02. The van der Waals surface area contributed by atoms with Crippen LogP contribution in [0.25, 0.3) is 23.0 Å². The lowest BCUT2D eigenvalue weighted by molar-refractivity contribution is -0.146. The average Bonchev–Trinajstić information content (AvgIpc) is 3.53. The molecule has 2 unspecified atom stereocenters. The van der Waals surface area contributed by atoms with Gasteiger partial charge in [0, 0.05) is 33.0 Å². The molecule has 240 valence electrons. The number of rotatable bonds is 6. The van der Waals surface area contributed by atoms with Crippen LogP contribution in [0, 0.1) is 5.41 Å². The summed E-state index contributed by atoms with van der Waals surface area (Å²) in [6.45, 7) is 0. The minimum absolute atomic E-state index is 0.342. The molecule has 0 saturated carbocycles. The number of hydrogen-bond donors (Lipinski definition) is 2. The fraction of sp³-hybridized carbons (Fsp3) is 0.135. The predicted molar refractivity (Wildman–Crippen MR) is 181 cm³/mol. The first-order chi connectivity index (χ1) is 23.2. The number of benzene rings is 4. The van der Waals surface area contributed by atoms with Gasteiger partial charge in [-0.05, 0) is 89.0 Å². The van der Waals surface area contributed by atoms with Gasteiger partial charge in [0.25, 0.3) is 0 Å². The fourth-order valence-electron chi connectivity index (χ4n) is 6.79. The van der Waals surface area contributed by atoms with E-state index in [-0.39, 0.29) is 0 Å². The first-order valence-corrected chi connectivity index (χ1v) is 15.7. The van der Waals surface area contributed by atoms with E-state index in [0.717, 1.165) is 5.56 Å². The van der Waals surface area contributed by atoms with Crippen molar-refractivity contribution >= 4 is 52.7 Å².